The van der Waals surface area contributed by atoms with Gasteiger partial charge in [0.25, 0.3) is 5.91 Å². The minimum Gasteiger partial charge on any atom is -0.318 e. The summed E-state index contributed by atoms with van der Waals surface area (Å²) in [6.07, 6.45) is 0. The third-order valence-electron chi connectivity index (χ3n) is 3.89. The van der Waals surface area contributed by atoms with Gasteiger partial charge < -0.3 is 5.32 Å². The number of aryl methyl sites for hydroxylation is 1. The third kappa shape index (κ3) is 3.58. The Bertz CT molecular complexity index is 1000. The number of rotatable bonds is 3. The summed E-state index contributed by atoms with van der Waals surface area (Å²) in [6, 6.07) is 12.1. The van der Waals surface area contributed by atoms with E-state index in [-0.39, 0.29) is 16.3 Å². The maximum absolute atomic E-state index is 14.1. The average molecular weight is 376 g/mol. The zero-order valence-corrected chi connectivity index (χ0v) is 14.4. The SMILES string of the molecule is Cc1ccc(F)c(NC(=O)c2cc(-c3cccc(F)c3)ccc2F)c1Cl. The van der Waals surface area contributed by atoms with Gasteiger partial charge in [0.2, 0.25) is 0 Å². The molecule has 0 spiro atoms. The quantitative estimate of drug-likeness (QED) is 0.599. The van der Waals surface area contributed by atoms with E-state index < -0.39 is 23.4 Å². The van der Waals surface area contributed by atoms with E-state index in [4.69, 9.17) is 11.6 Å². The van der Waals surface area contributed by atoms with E-state index in [9.17, 15) is 18.0 Å². The standard InChI is InChI=1S/C20H13ClF3NO/c1-11-5-7-17(24)19(18(11)21)25-20(26)15-10-13(6-8-16(15)23)12-3-2-4-14(22)9-12/h2-10H,1H3,(H,25,26). The van der Waals surface area contributed by atoms with Crippen LogP contribution in [0.2, 0.25) is 5.02 Å². The highest BCUT2D eigenvalue weighted by atomic mass is 35.5. The van der Waals surface area contributed by atoms with Gasteiger partial charge in [-0.2, -0.15) is 0 Å². The molecule has 26 heavy (non-hydrogen) atoms. The van der Waals surface area contributed by atoms with E-state index >= 15 is 0 Å². The number of benzene rings is 3. The van der Waals surface area contributed by atoms with Gasteiger partial charge in [-0.05, 0) is 53.9 Å². The van der Waals surface area contributed by atoms with Crippen molar-refractivity contribution in [3.8, 4) is 11.1 Å². The van der Waals surface area contributed by atoms with Crippen LogP contribution in [0.5, 0.6) is 0 Å². The van der Waals surface area contributed by atoms with Crippen molar-refractivity contribution in [2.24, 2.45) is 0 Å². The largest absolute Gasteiger partial charge is 0.318 e. The van der Waals surface area contributed by atoms with E-state index in [0.29, 0.717) is 16.7 Å². The summed E-state index contributed by atoms with van der Waals surface area (Å²) in [5.41, 5.74) is 0.985. The lowest BCUT2D eigenvalue weighted by molar-refractivity contribution is 0.102. The van der Waals surface area contributed by atoms with Gasteiger partial charge in [-0.25, -0.2) is 13.2 Å². The normalized spacial score (nSPS) is 10.7. The molecule has 1 amide bonds. The molecule has 0 aromatic heterocycles. The molecule has 0 saturated heterocycles. The lowest BCUT2D eigenvalue weighted by atomic mass is 10.0. The molecule has 0 heterocycles. The third-order valence-corrected chi connectivity index (χ3v) is 4.38. The first-order chi connectivity index (χ1) is 12.4. The van der Waals surface area contributed by atoms with Crippen LogP contribution >= 0.6 is 11.6 Å². The highest BCUT2D eigenvalue weighted by molar-refractivity contribution is 6.34. The number of amides is 1. The predicted octanol–water partition coefficient (Wildman–Crippen LogP) is 5.99. The molecule has 3 aromatic rings. The first kappa shape index (κ1) is 18.0. The van der Waals surface area contributed by atoms with Crippen molar-refractivity contribution < 1.29 is 18.0 Å². The molecule has 0 aliphatic heterocycles. The van der Waals surface area contributed by atoms with Crippen molar-refractivity contribution in [1.29, 1.82) is 0 Å². The number of carbonyl (C=O) groups excluding carboxylic acids is 1. The molecule has 6 heteroatoms. The predicted molar refractivity (Wildman–Crippen MR) is 95.9 cm³/mol. The van der Waals surface area contributed by atoms with Crippen LogP contribution in [0.1, 0.15) is 15.9 Å². The molecule has 132 valence electrons. The molecule has 0 saturated carbocycles. The first-order valence-corrected chi connectivity index (χ1v) is 8.06. The maximum Gasteiger partial charge on any atom is 0.258 e. The Morgan fingerprint density at radius 2 is 1.62 bits per heavy atom. The Hall–Kier alpha value is -2.79. The fourth-order valence-electron chi connectivity index (χ4n) is 2.50. The van der Waals surface area contributed by atoms with Gasteiger partial charge in [0, 0.05) is 0 Å². The summed E-state index contributed by atoms with van der Waals surface area (Å²) in [4.78, 5) is 12.5. The molecule has 3 aromatic carbocycles. The minimum absolute atomic E-state index is 0.0417. The van der Waals surface area contributed by atoms with E-state index in [2.05, 4.69) is 5.32 Å². The molecule has 0 aliphatic carbocycles. The second-order valence-electron chi connectivity index (χ2n) is 5.71. The number of nitrogens with one attached hydrogen (secondary N) is 1. The summed E-state index contributed by atoms with van der Waals surface area (Å²) in [5, 5.41) is 2.35. The number of hydrogen-bond donors (Lipinski definition) is 1. The Balaban J connectivity index is 1.98. The van der Waals surface area contributed by atoms with Crippen LogP contribution in [-0.4, -0.2) is 5.91 Å². The second-order valence-corrected chi connectivity index (χ2v) is 6.09. The number of carbonyl (C=O) groups is 1. The summed E-state index contributed by atoms with van der Waals surface area (Å²) in [5.74, 6) is -2.82. The fraction of sp³-hybridized carbons (Fsp3) is 0.0500. The van der Waals surface area contributed by atoms with Crippen molar-refractivity contribution in [2.45, 2.75) is 6.92 Å². The van der Waals surface area contributed by atoms with Crippen molar-refractivity contribution >= 4 is 23.2 Å². The zero-order chi connectivity index (χ0) is 18.8. The molecular weight excluding hydrogens is 363 g/mol. The van der Waals surface area contributed by atoms with E-state index in [1.54, 1.807) is 13.0 Å². The Labute approximate surface area is 153 Å². The van der Waals surface area contributed by atoms with Crippen molar-refractivity contribution in [1.82, 2.24) is 0 Å². The van der Waals surface area contributed by atoms with Crippen molar-refractivity contribution in [3.05, 3.63) is 88.2 Å². The molecule has 0 bridgehead atoms. The van der Waals surface area contributed by atoms with Gasteiger partial charge in [-0.15, -0.1) is 0 Å². The van der Waals surface area contributed by atoms with E-state index in [1.165, 1.54) is 36.4 Å². The average Bonchev–Trinajstić information content (AvgIpc) is 2.62. The smallest absolute Gasteiger partial charge is 0.258 e. The lowest BCUT2D eigenvalue weighted by Crippen LogP contribution is -2.15. The minimum atomic E-state index is -0.854. The number of halogens is 4. The molecular formula is C20H13ClF3NO. The highest BCUT2D eigenvalue weighted by Gasteiger charge is 2.18. The van der Waals surface area contributed by atoms with Crippen LogP contribution in [0.3, 0.4) is 0 Å². The number of anilines is 1. The maximum atomic E-state index is 14.1. The summed E-state index contributed by atoms with van der Waals surface area (Å²) in [7, 11) is 0. The highest BCUT2D eigenvalue weighted by Crippen LogP contribution is 2.30. The van der Waals surface area contributed by atoms with Gasteiger partial charge in [0.05, 0.1) is 16.3 Å². The molecule has 0 fully saturated rings. The van der Waals surface area contributed by atoms with Crippen LogP contribution in [0.4, 0.5) is 18.9 Å². The summed E-state index contributed by atoms with van der Waals surface area (Å²) >= 11 is 6.02. The van der Waals surface area contributed by atoms with Crippen LogP contribution in [0.15, 0.2) is 54.6 Å². The van der Waals surface area contributed by atoms with Crippen molar-refractivity contribution in [2.75, 3.05) is 5.32 Å². The van der Waals surface area contributed by atoms with Gasteiger partial charge in [-0.3, -0.25) is 4.79 Å². The second kappa shape index (κ2) is 7.22. The van der Waals surface area contributed by atoms with Crippen LogP contribution in [0.25, 0.3) is 11.1 Å². The Morgan fingerprint density at radius 3 is 2.35 bits per heavy atom. The first-order valence-electron chi connectivity index (χ1n) is 7.68. The van der Waals surface area contributed by atoms with Gasteiger partial charge in [0.15, 0.2) is 0 Å². The molecule has 1 N–H and O–H groups in total. The number of hydrogen-bond acceptors (Lipinski definition) is 1. The molecule has 0 atom stereocenters. The molecule has 2 nitrogen and oxygen atoms in total. The Kier molecular flexibility index (Phi) is 5.00. The van der Waals surface area contributed by atoms with Gasteiger partial charge in [-0.1, -0.05) is 35.9 Å². The summed E-state index contributed by atoms with van der Waals surface area (Å²) in [6.45, 7) is 1.66. The van der Waals surface area contributed by atoms with Crippen LogP contribution < -0.4 is 5.32 Å². The van der Waals surface area contributed by atoms with Gasteiger partial charge >= 0.3 is 0 Å². The lowest BCUT2D eigenvalue weighted by Gasteiger charge is -2.12. The van der Waals surface area contributed by atoms with E-state index in [1.807, 2.05) is 0 Å². The van der Waals surface area contributed by atoms with Crippen LogP contribution in [0, 0.1) is 24.4 Å². The topological polar surface area (TPSA) is 29.1 Å². The van der Waals surface area contributed by atoms with E-state index in [0.717, 1.165) is 12.1 Å². The Morgan fingerprint density at radius 1 is 0.923 bits per heavy atom. The van der Waals surface area contributed by atoms with Gasteiger partial charge in [0.1, 0.15) is 17.5 Å². The van der Waals surface area contributed by atoms with Crippen molar-refractivity contribution in [3.63, 3.8) is 0 Å². The monoisotopic (exact) mass is 375 g/mol. The molecule has 0 aliphatic rings. The molecule has 0 radical (unpaired) electrons. The van der Waals surface area contributed by atoms with Crippen LogP contribution in [-0.2, 0) is 0 Å². The molecule has 0 unspecified atom stereocenters. The zero-order valence-electron chi connectivity index (χ0n) is 13.6. The summed E-state index contributed by atoms with van der Waals surface area (Å²) < 4.78 is 41.5. The fourth-order valence-corrected chi connectivity index (χ4v) is 2.70. The molecule has 3 rings (SSSR count).